The van der Waals surface area contributed by atoms with E-state index in [-0.39, 0.29) is 18.4 Å². The summed E-state index contributed by atoms with van der Waals surface area (Å²) < 4.78 is 13.2. The molecule has 128 valence electrons. The number of benzene rings is 2. The summed E-state index contributed by atoms with van der Waals surface area (Å²) in [6.07, 6.45) is -1.12. The molecular formula is C19H23FN2O2. The Morgan fingerprint density at radius 3 is 2.42 bits per heavy atom. The molecule has 24 heavy (non-hydrogen) atoms. The van der Waals surface area contributed by atoms with Crippen molar-refractivity contribution in [2.24, 2.45) is 0 Å². The van der Waals surface area contributed by atoms with Crippen molar-refractivity contribution in [2.45, 2.75) is 18.6 Å². The zero-order valence-corrected chi connectivity index (χ0v) is 13.9. The van der Waals surface area contributed by atoms with Gasteiger partial charge in [-0.1, -0.05) is 42.5 Å². The molecule has 0 aliphatic rings. The normalized spacial score (nSPS) is 13.5. The summed E-state index contributed by atoms with van der Waals surface area (Å²) in [6, 6.07) is 15.6. The van der Waals surface area contributed by atoms with Crippen LogP contribution in [0, 0.1) is 5.82 Å². The van der Waals surface area contributed by atoms with E-state index in [0.29, 0.717) is 12.1 Å². The monoisotopic (exact) mass is 330 g/mol. The number of nitrogens with one attached hydrogen (secondary N) is 1. The molecule has 0 fully saturated rings. The number of amides is 1. The Morgan fingerprint density at radius 2 is 1.79 bits per heavy atom. The van der Waals surface area contributed by atoms with Crippen molar-refractivity contribution >= 4 is 5.91 Å². The number of aliphatic hydroxyl groups excluding tert-OH is 1. The van der Waals surface area contributed by atoms with Crippen molar-refractivity contribution in [1.29, 1.82) is 0 Å². The number of hydrogen-bond acceptors (Lipinski definition) is 3. The maximum absolute atomic E-state index is 13.2. The van der Waals surface area contributed by atoms with Crippen LogP contribution in [0.25, 0.3) is 0 Å². The molecule has 0 radical (unpaired) electrons. The van der Waals surface area contributed by atoms with Gasteiger partial charge in [0.1, 0.15) is 5.82 Å². The van der Waals surface area contributed by atoms with Crippen molar-refractivity contribution in [3.8, 4) is 0 Å². The van der Waals surface area contributed by atoms with Gasteiger partial charge in [0.15, 0.2) is 0 Å². The molecule has 0 aliphatic heterocycles. The minimum absolute atomic E-state index is 0.0430. The molecule has 4 nitrogen and oxygen atoms in total. The lowest BCUT2D eigenvalue weighted by Gasteiger charge is -2.25. The molecule has 2 aromatic carbocycles. The van der Waals surface area contributed by atoms with Crippen LogP contribution in [0.2, 0.25) is 0 Å². The highest BCUT2D eigenvalue weighted by Crippen LogP contribution is 2.19. The standard InChI is InChI=1S/C19H23FN2O2/c1-22(2)17(14-7-4-3-5-8-14)13-21-19(24)12-18(23)15-9-6-10-16(20)11-15/h3-11,17-18,23H,12-13H2,1-2H3,(H,21,24). The fraction of sp³-hybridized carbons (Fsp3) is 0.316. The number of likely N-dealkylation sites (N-methyl/N-ethyl adjacent to an activating group) is 1. The Morgan fingerprint density at radius 1 is 1.12 bits per heavy atom. The maximum Gasteiger partial charge on any atom is 0.223 e. The van der Waals surface area contributed by atoms with Crippen molar-refractivity contribution in [1.82, 2.24) is 10.2 Å². The third-order valence-corrected chi connectivity index (χ3v) is 3.91. The van der Waals surface area contributed by atoms with Crippen LogP contribution in [0.4, 0.5) is 4.39 Å². The second kappa shape index (κ2) is 8.57. The predicted octanol–water partition coefficient (Wildman–Crippen LogP) is 2.67. The minimum atomic E-state index is -1.02. The van der Waals surface area contributed by atoms with Gasteiger partial charge in [0, 0.05) is 6.54 Å². The van der Waals surface area contributed by atoms with Crippen molar-refractivity contribution in [2.75, 3.05) is 20.6 Å². The number of nitrogens with zero attached hydrogens (tertiary/aromatic N) is 1. The van der Waals surface area contributed by atoms with E-state index >= 15 is 0 Å². The fourth-order valence-electron chi connectivity index (χ4n) is 2.56. The first kappa shape index (κ1) is 18.1. The average Bonchev–Trinajstić information content (AvgIpc) is 2.55. The quantitative estimate of drug-likeness (QED) is 0.821. The number of aliphatic hydroxyl groups is 1. The summed E-state index contributed by atoms with van der Waals surface area (Å²) in [5.74, 6) is -0.696. The third kappa shape index (κ3) is 5.15. The maximum atomic E-state index is 13.2. The van der Waals surface area contributed by atoms with Crippen LogP contribution in [-0.2, 0) is 4.79 Å². The third-order valence-electron chi connectivity index (χ3n) is 3.91. The van der Waals surface area contributed by atoms with Gasteiger partial charge in [0.05, 0.1) is 18.6 Å². The van der Waals surface area contributed by atoms with E-state index in [9.17, 15) is 14.3 Å². The first-order valence-electron chi connectivity index (χ1n) is 7.89. The van der Waals surface area contributed by atoms with Crippen LogP contribution in [0.5, 0.6) is 0 Å². The van der Waals surface area contributed by atoms with Crippen molar-refractivity contribution < 1.29 is 14.3 Å². The molecule has 2 aromatic rings. The minimum Gasteiger partial charge on any atom is -0.388 e. The Balaban J connectivity index is 1.91. The van der Waals surface area contributed by atoms with E-state index in [1.807, 2.05) is 49.3 Å². The number of hydrogen-bond donors (Lipinski definition) is 2. The molecule has 0 heterocycles. The second-order valence-electron chi connectivity index (χ2n) is 5.97. The van der Waals surface area contributed by atoms with Crippen LogP contribution in [0.1, 0.15) is 29.7 Å². The number of rotatable bonds is 7. The lowest BCUT2D eigenvalue weighted by molar-refractivity contribution is -0.123. The summed E-state index contributed by atoms with van der Waals surface area (Å²) in [5.41, 5.74) is 1.51. The Kier molecular flexibility index (Phi) is 6.46. The van der Waals surface area contributed by atoms with Gasteiger partial charge in [-0.25, -0.2) is 4.39 Å². The first-order chi connectivity index (χ1) is 11.5. The molecule has 0 aromatic heterocycles. The van der Waals surface area contributed by atoms with E-state index in [1.165, 1.54) is 18.2 Å². The van der Waals surface area contributed by atoms with Gasteiger partial charge >= 0.3 is 0 Å². The van der Waals surface area contributed by atoms with Gasteiger partial charge in [-0.05, 0) is 37.4 Å². The SMILES string of the molecule is CN(C)C(CNC(=O)CC(O)c1cccc(F)c1)c1ccccc1. The Labute approximate surface area is 141 Å². The molecule has 2 rings (SSSR count). The highest BCUT2D eigenvalue weighted by atomic mass is 19.1. The Hall–Kier alpha value is -2.24. The van der Waals surface area contributed by atoms with Gasteiger partial charge in [-0.3, -0.25) is 4.79 Å². The van der Waals surface area contributed by atoms with Gasteiger partial charge in [0.25, 0.3) is 0 Å². The van der Waals surface area contributed by atoms with Crippen molar-refractivity contribution in [3.05, 3.63) is 71.5 Å². The molecule has 2 unspecified atom stereocenters. The van der Waals surface area contributed by atoms with Gasteiger partial charge < -0.3 is 15.3 Å². The molecule has 0 bridgehead atoms. The summed E-state index contributed by atoms with van der Waals surface area (Å²) >= 11 is 0. The zero-order valence-electron chi connectivity index (χ0n) is 13.9. The van der Waals surface area contributed by atoms with E-state index in [1.54, 1.807) is 6.07 Å². The van der Waals surface area contributed by atoms with Gasteiger partial charge in [0.2, 0.25) is 5.91 Å². The highest BCUT2D eigenvalue weighted by Gasteiger charge is 2.17. The van der Waals surface area contributed by atoms with Crippen LogP contribution < -0.4 is 5.32 Å². The predicted molar refractivity (Wildman–Crippen MR) is 91.9 cm³/mol. The Bertz CT molecular complexity index is 661. The molecule has 0 saturated heterocycles. The second-order valence-corrected chi connectivity index (χ2v) is 5.97. The van der Waals surface area contributed by atoms with Gasteiger partial charge in [-0.2, -0.15) is 0 Å². The highest BCUT2D eigenvalue weighted by molar-refractivity contribution is 5.76. The average molecular weight is 330 g/mol. The summed E-state index contributed by atoms with van der Waals surface area (Å²) in [7, 11) is 3.90. The molecule has 2 atom stereocenters. The fourth-order valence-corrected chi connectivity index (χ4v) is 2.56. The van der Waals surface area contributed by atoms with Crippen LogP contribution in [0.3, 0.4) is 0 Å². The largest absolute Gasteiger partial charge is 0.388 e. The van der Waals surface area contributed by atoms with Crippen LogP contribution in [-0.4, -0.2) is 36.6 Å². The summed E-state index contributed by atoms with van der Waals surface area (Å²) in [4.78, 5) is 14.1. The molecule has 0 spiro atoms. The van der Waals surface area contributed by atoms with E-state index in [2.05, 4.69) is 5.32 Å². The molecule has 1 amide bonds. The van der Waals surface area contributed by atoms with E-state index < -0.39 is 11.9 Å². The topological polar surface area (TPSA) is 52.6 Å². The lowest BCUT2D eigenvalue weighted by Crippen LogP contribution is -2.35. The van der Waals surface area contributed by atoms with E-state index in [0.717, 1.165) is 5.56 Å². The van der Waals surface area contributed by atoms with E-state index in [4.69, 9.17) is 0 Å². The van der Waals surface area contributed by atoms with Crippen LogP contribution >= 0.6 is 0 Å². The lowest BCUT2D eigenvalue weighted by atomic mass is 10.0. The molecule has 5 heteroatoms. The molecule has 0 aliphatic carbocycles. The zero-order chi connectivity index (χ0) is 17.5. The molecular weight excluding hydrogens is 307 g/mol. The summed E-state index contributed by atoms with van der Waals surface area (Å²) in [6.45, 7) is 0.436. The van der Waals surface area contributed by atoms with Crippen molar-refractivity contribution in [3.63, 3.8) is 0 Å². The first-order valence-corrected chi connectivity index (χ1v) is 7.89. The smallest absolute Gasteiger partial charge is 0.223 e. The number of carbonyl (C=O) groups excluding carboxylic acids is 1. The van der Waals surface area contributed by atoms with Gasteiger partial charge in [-0.15, -0.1) is 0 Å². The molecule has 0 saturated carbocycles. The molecule has 2 N–H and O–H groups in total. The van der Waals surface area contributed by atoms with Crippen LogP contribution in [0.15, 0.2) is 54.6 Å². The number of halogens is 1. The summed E-state index contributed by atoms with van der Waals surface area (Å²) in [5, 5.41) is 12.9. The number of carbonyl (C=O) groups is 1.